The van der Waals surface area contributed by atoms with E-state index in [4.69, 9.17) is 4.74 Å². The highest BCUT2D eigenvalue weighted by molar-refractivity contribution is 7.89. The number of hydrogen-bond donors (Lipinski definition) is 2. The number of methoxy groups -OCH3 is 1. The normalized spacial score (nSPS) is 18.5. The largest absolute Gasteiger partial charge is 0.496 e. The Hall–Kier alpha value is -2.13. The Morgan fingerprint density at radius 3 is 2.34 bits per heavy atom. The molecule has 0 bridgehead atoms. The summed E-state index contributed by atoms with van der Waals surface area (Å²) in [5.74, 6) is -0.245. The zero-order chi connectivity index (χ0) is 23.0. The van der Waals surface area contributed by atoms with Crippen molar-refractivity contribution in [3.63, 3.8) is 0 Å². The molecule has 0 atom stereocenters. The zero-order valence-electron chi connectivity index (χ0n) is 18.9. The topological polar surface area (TPSA) is 105 Å². The van der Waals surface area contributed by atoms with Crippen LogP contribution in [0.25, 0.3) is 0 Å². The molecule has 1 aromatic carbocycles. The van der Waals surface area contributed by atoms with Gasteiger partial charge in [0.15, 0.2) is 0 Å². The van der Waals surface area contributed by atoms with Crippen LogP contribution in [0.3, 0.4) is 0 Å². The van der Waals surface area contributed by atoms with Gasteiger partial charge < -0.3 is 15.4 Å². The molecule has 2 aliphatic rings. The van der Waals surface area contributed by atoms with Crippen molar-refractivity contribution < 1.29 is 22.7 Å². The van der Waals surface area contributed by atoms with Gasteiger partial charge in [-0.15, -0.1) is 0 Å². The van der Waals surface area contributed by atoms with Crippen molar-refractivity contribution in [2.24, 2.45) is 0 Å². The fourth-order valence-corrected chi connectivity index (χ4v) is 5.93. The SMILES string of the molecule is COc1ccc(S(=O)(=O)N2CCCCCC2)cc1C(=O)NCCC(=O)NC1CCCCC1. The molecular formula is C23H35N3O5S. The summed E-state index contributed by atoms with van der Waals surface area (Å²) in [6.45, 7) is 1.15. The van der Waals surface area contributed by atoms with Gasteiger partial charge in [0.25, 0.3) is 5.91 Å². The Balaban J connectivity index is 1.62. The molecule has 0 unspecified atom stereocenters. The number of hydrogen-bond acceptors (Lipinski definition) is 5. The van der Waals surface area contributed by atoms with E-state index < -0.39 is 15.9 Å². The Morgan fingerprint density at radius 2 is 1.69 bits per heavy atom. The number of amides is 2. The summed E-state index contributed by atoms with van der Waals surface area (Å²) < 4.78 is 33.0. The molecule has 1 saturated carbocycles. The average molecular weight is 466 g/mol. The minimum atomic E-state index is -3.68. The first kappa shape index (κ1) is 24.5. The predicted octanol–water partition coefficient (Wildman–Crippen LogP) is 2.83. The summed E-state index contributed by atoms with van der Waals surface area (Å²) in [6, 6.07) is 4.59. The van der Waals surface area contributed by atoms with E-state index >= 15 is 0 Å². The zero-order valence-corrected chi connectivity index (χ0v) is 19.7. The highest BCUT2D eigenvalue weighted by Crippen LogP contribution is 2.26. The van der Waals surface area contributed by atoms with Crippen molar-refractivity contribution in [1.29, 1.82) is 0 Å². The first-order chi connectivity index (χ1) is 15.4. The van der Waals surface area contributed by atoms with Gasteiger partial charge in [-0.25, -0.2) is 8.42 Å². The Bertz CT molecular complexity index is 889. The molecule has 2 N–H and O–H groups in total. The number of sulfonamides is 1. The monoisotopic (exact) mass is 465 g/mol. The molecule has 3 rings (SSSR count). The maximum absolute atomic E-state index is 13.1. The van der Waals surface area contributed by atoms with Crippen molar-refractivity contribution >= 4 is 21.8 Å². The van der Waals surface area contributed by atoms with E-state index in [2.05, 4.69) is 10.6 Å². The summed E-state index contributed by atoms with van der Waals surface area (Å²) in [7, 11) is -2.25. The third-order valence-corrected chi connectivity index (χ3v) is 8.12. The van der Waals surface area contributed by atoms with Crippen LogP contribution in [0, 0.1) is 0 Å². The number of carbonyl (C=O) groups is 2. The fraction of sp³-hybridized carbons (Fsp3) is 0.652. The van der Waals surface area contributed by atoms with Gasteiger partial charge in [0.05, 0.1) is 17.6 Å². The van der Waals surface area contributed by atoms with Crippen LogP contribution in [0.1, 0.15) is 74.6 Å². The van der Waals surface area contributed by atoms with Crippen molar-refractivity contribution in [3.8, 4) is 5.75 Å². The smallest absolute Gasteiger partial charge is 0.255 e. The van der Waals surface area contributed by atoms with Gasteiger partial charge in [0.1, 0.15) is 5.75 Å². The third-order valence-electron chi connectivity index (χ3n) is 6.23. The molecule has 0 aromatic heterocycles. The number of benzene rings is 1. The van der Waals surface area contributed by atoms with Crippen LogP contribution in [0.2, 0.25) is 0 Å². The molecule has 1 aliphatic heterocycles. The molecular weight excluding hydrogens is 430 g/mol. The average Bonchev–Trinajstić information content (AvgIpc) is 3.09. The van der Waals surface area contributed by atoms with E-state index in [1.165, 1.54) is 36.0 Å². The first-order valence-electron chi connectivity index (χ1n) is 11.7. The van der Waals surface area contributed by atoms with Crippen LogP contribution in [0.15, 0.2) is 23.1 Å². The lowest BCUT2D eigenvalue weighted by Crippen LogP contribution is -2.38. The van der Waals surface area contributed by atoms with Gasteiger partial charge in [0, 0.05) is 32.1 Å². The maximum Gasteiger partial charge on any atom is 0.255 e. The second-order valence-electron chi connectivity index (χ2n) is 8.59. The third kappa shape index (κ3) is 6.45. The first-order valence-corrected chi connectivity index (χ1v) is 13.1. The maximum atomic E-state index is 13.1. The van der Waals surface area contributed by atoms with Crippen LogP contribution in [-0.4, -0.2) is 57.3 Å². The molecule has 178 valence electrons. The van der Waals surface area contributed by atoms with Gasteiger partial charge in [0.2, 0.25) is 15.9 Å². The van der Waals surface area contributed by atoms with Crippen LogP contribution in [-0.2, 0) is 14.8 Å². The molecule has 1 aromatic rings. The number of rotatable bonds is 8. The number of nitrogens with one attached hydrogen (secondary N) is 2. The summed E-state index contributed by atoms with van der Waals surface area (Å²) in [5.41, 5.74) is 0.149. The quantitative estimate of drug-likeness (QED) is 0.614. The molecule has 8 nitrogen and oxygen atoms in total. The molecule has 2 fully saturated rings. The van der Waals surface area contributed by atoms with E-state index in [0.717, 1.165) is 51.4 Å². The second-order valence-corrected chi connectivity index (χ2v) is 10.5. The van der Waals surface area contributed by atoms with Gasteiger partial charge in [-0.05, 0) is 43.9 Å². The molecule has 9 heteroatoms. The van der Waals surface area contributed by atoms with Crippen LogP contribution in [0.4, 0.5) is 0 Å². The standard InChI is InChI=1S/C23H35N3O5S/c1-31-21-12-11-19(32(29,30)26-15-7-2-3-8-16-26)17-20(21)23(28)24-14-13-22(27)25-18-9-5-4-6-10-18/h11-12,17-18H,2-10,13-16H2,1H3,(H,24,28)(H,25,27). The minimum absolute atomic E-state index is 0.0818. The van der Waals surface area contributed by atoms with Crippen LogP contribution >= 0.6 is 0 Å². The Morgan fingerprint density at radius 1 is 1.03 bits per heavy atom. The summed E-state index contributed by atoms with van der Waals surface area (Å²) >= 11 is 0. The van der Waals surface area contributed by atoms with Crippen LogP contribution < -0.4 is 15.4 Å². The number of ether oxygens (including phenoxy) is 1. The Labute approximate surface area is 191 Å². The predicted molar refractivity (Wildman–Crippen MR) is 122 cm³/mol. The molecule has 1 heterocycles. The molecule has 0 radical (unpaired) electrons. The Kier molecular flexibility index (Phi) is 8.92. The highest BCUT2D eigenvalue weighted by Gasteiger charge is 2.27. The lowest BCUT2D eigenvalue weighted by atomic mass is 9.95. The molecule has 1 saturated heterocycles. The van der Waals surface area contributed by atoms with Gasteiger partial charge in [-0.3, -0.25) is 9.59 Å². The van der Waals surface area contributed by atoms with E-state index in [0.29, 0.717) is 18.8 Å². The van der Waals surface area contributed by atoms with E-state index in [1.54, 1.807) is 0 Å². The van der Waals surface area contributed by atoms with E-state index in [-0.39, 0.29) is 35.4 Å². The number of nitrogens with zero attached hydrogens (tertiary/aromatic N) is 1. The summed E-state index contributed by atoms with van der Waals surface area (Å²) in [5, 5.41) is 5.75. The van der Waals surface area contributed by atoms with Crippen molar-refractivity contribution in [2.75, 3.05) is 26.7 Å². The summed E-state index contributed by atoms with van der Waals surface area (Å²) in [4.78, 5) is 25.0. The highest BCUT2D eigenvalue weighted by atomic mass is 32.2. The van der Waals surface area contributed by atoms with Crippen molar-refractivity contribution in [3.05, 3.63) is 23.8 Å². The number of carbonyl (C=O) groups excluding carboxylic acids is 2. The summed E-state index contributed by atoms with van der Waals surface area (Å²) in [6.07, 6.45) is 9.41. The van der Waals surface area contributed by atoms with Gasteiger partial charge >= 0.3 is 0 Å². The minimum Gasteiger partial charge on any atom is -0.496 e. The molecule has 2 amide bonds. The van der Waals surface area contributed by atoms with Crippen LogP contribution in [0.5, 0.6) is 5.75 Å². The van der Waals surface area contributed by atoms with E-state index in [1.807, 2.05) is 0 Å². The molecule has 0 spiro atoms. The second kappa shape index (κ2) is 11.7. The van der Waals surface area contributed by atoms with Gasteiger partial charge in [-0.2, -0.15) is 4.31 Å². The van der Waals surface area contributed by atoms with Crippen molar-refractivity contribution in [1.82, 2.24) is 14.9 Å². The van der Waals surface area contributed by atoms with Crippen molar-refractivity contribution in [2.45, 2.75) is 75.1 Å². The van der Waals surface area contributed by atoms with Gasteiger partial charge in [-0.1, -0.05) is 32.1 Å². The van der Waals surface area contributed by atoms with E-state index in [9.17, 15) is 18.0 Å². The molecule has 1 aliphatic carbocycles. The lowest BCUT2D eigenvalue weighted by Gasteiger charge is -2.22. The lowest BCUT2D eigenvalue weighted by molar-refractivity contribution is -0.121. The fourth-order valence-electron chi connectivity index (χ4n) is 4.39. The molecule has 32 heavy (non-hydrogen) atoms.